The second-order valence-corrected chi connectivity index (χ2v) is 5.78. The van der Waals surface area contributed by atoms with Crippen LogP contribution in [0, 0.1) is 0 Å². The van der Waals surface area contributed by atoms with Gasteiger partial charge in [0.05, 0.1) is 24.9 Å². The summed E-state index contributed by atoms with van der Waals surface area (Å²) >= 11 is 0. The molecule has 6 heteroatoms. The van der Waals surface area contributed by atoms with Crippen LogP contribution in [0.5, 0.6) is 5.75 Å². The zero-order chi connectivity index (χ0) is 16.8. The molecular formula is C18H22N4O2. The first-order chi connectivity index (χ1) is 11.8. The second-order valence-electron chi connectivity index (χ2n) is 5.78. The van der Waals surface area contributed by atoms with E-state index in [-0.39, 0.29) is 5.91 Å². The summed E-state index contributed by atoms with van der Waals surface area (Å²) < 4.78 is 5.22. The lowest BCUT2D eigenvalue weighted by molar-refractivity contribution is 0.0947. The van der Waals surface area contributed by atoms with Crippen molar-refractivity contribution in [1.29, 1.82) is 0 Å². The summed E-state index contributed by atoms with van der Waals surface area (Å²) in [6.07, 6.45) is 5.38. The molecule has 0 radical (unpaired) electrons. The highest BCUT2D eigenvalue weighted by Gasteiger charge is 2.15. The van der Waals surface area contributed by atoms with E-state index < -0.39 is 0 Å². The van der Waals surface area contributed by atoms with Crippen LogP contribution < -0.4 is 15.0 Å². The number of benzene rings is 1. The SMILES string of the molecule is COc1ccccc1C(=O)NCc1ccnc(N2CCCCC2)n1. The Hall–Kier alpha value is -2.63. The average molecular weight is 326 g/mol. The number of anilines is 1. The van der Waals surface area contributed by atoms with E-state index in [0.717, 1.165) is 24.7 Å². The van der Waals surface area contributed by atoms with Gasteiger partial charge in [0.15, 0.2) is 0 Å². The van der Waals surface area contributed by atoms with Crippen LogP contribution in [-0.2, 0) is 6.54 Å². The lowest BCUT2D eigenvalue weighted by atomic mass is 10.1. The molecule has 1 aromatic carbocycles. The van der Waals surface area contributed by atoms with Gasteiger partial charge in [-0.25, -0.2) is 9.97 Å². The molecule has 0 aliphatic carbocycles. The molecule has 1 aromatic heterocycles. The minimum absolute atomic E-state index is 0.175. The van der Waals surface area contributed by atoms with Gasteiger partial charge in [-0.2, -0.15) is 0 Å². The molecule has 1 amide bonds. The summed E-state index contributed by atoms with van der Waals surface area (Å²) in [5.74, 6) is 1.14. The van der Waals surface area contributed by atoms with Gasteiger partial charge in [0, 0.05) is 19.3 Å². The molecule has 1 aliphatic rings. The number of nitrogens with one attached hydrogen (secondary N) is 1. The lowest BCUT2D eigenvalue weighted by Crippen LogP contribution is -2.31. The number of rotatable bonds is 5. The Labute approximate surface area is 141 Å². The van der Waals surface area contributed by atoms with Crippen LogP contribution in [0.4, 0.5) is 5.95 Å². The van der Waals surface area contributed by atoms with E-state index in [0.29, 0.717) is 17.9 Å². The molecule has 2 aromatic rings. The van der Waals surface area contributed by atoms with Gasteiger partial charge in [-0.15, -0.1) is 0 Å². The Morgan fingerprint density at radius 1 is 1.21 bits per heavy atom. The number of hydrogen-bond donors (Lipinski definition) is 1. The number of nitrogens with zero attached hydrogens (tertiary/aromatic N) is 3. The van der Waals surface area contributed by atoms with Crippen LogP contribution >= 0.6 is 0 Å². The predicted octanol–water partition coefficient (Wildman–Crippen LogP) is 2.41. The van der Waals surface area contributed by atoms with Crippen molar-refractivity contribution < 1.29 is 9.53 Å². The normalized spacial score (nSPS) is 14.3. The van der Waals surface area contributed by atoms with Crippen molar-refractivity contribution in [2.45, 2.75) is 25.8 Å². The summed E-state index contributed by atoms with van der Waals surface area (Å²) in [5, 5.41) is 2.89. The molecule has 0 bridgehead atoms. The Bertz CT molecular complexity index is 699. The van der Waals surface area contributed by atoms with Gasteiger partial charge >= 0.3 is 0 Å². The van der Waals surface area contributed by atoms with Crippen LogP contribution in [0.3, 0.4) is 0 Å². The van der Waals surface area contributed by atoms with Crippen LogP contribution in [-0.4, -0.2) is 36.1 Å². The molecule has 24 heavy (non-hydrogen) atoms. The number of aromatic nitrogens is 2. The molecule has 0 unspecified atom stereocenters. The zero-order valence-electron chi connectivity index (χ0n) is 13.9. The first-order valence-corrected chi connectivity index (χ1v) is 8.26. The first-order valence-electron chi connectivity index (χ1n) is 8.26. The molecule has 0 saturated carbocycles. The number of para-hydroxylation sites is 1. The van der Waals surface area contributed by atoms with E-state index in [2.05, 4.69) is 20.2 Å². The number of carbonyl (C=O) groups excluding carboxylic acids is 1. The fraction of sp³-hybridized carbons (Fsp3) is 0.389. The number of carbonyl (C=O) groups is 1. The van der Waals surface area contributed by atoms with E-state index >= 15 is 0 Å². The van der Waals surface area contributed by atoms with Crippen molar-refractivity contribution in [1.82, 2.24) is 15.3 Å². The van der Waals surface area contributed by atoms with E-state index in [1.807, 2.05) is 18.2 Å². The third-order valence-electron chi connectivity index (χ3n) is 4.12. The highest BCUT2D eigenvalue weighted by Crippen LogP contribution is 2.17. The van der Waals surface area contributed by atoms with E-state index in [1.54, 1.807) is 25.4 Å². The highest BCUT2D eigenvalue weighted by atomic mass is 16.5. The van der Waals surface area contributed by atoms with Gasteiger partial charge in [-0.3, -0.25) is 4.79 Å². The number of amides is 1. The summed E-state index contributed by atoms with van der Waals surface area (Å²) in [4.78, 5) is 23.5. The van der Waals surface area contributed by atoms with Crippen LogP contribution in [0.25, 0.3) is 0 Å². The summed E-state index contributed by atoms with van der Waals surface area (Å²) in [7, 11) is 1.56. The van der Waals surface area contributed by atoms with Crippen molar-refractivity contribution in [3.8, 4) is 5.75 Å². The Morgan fingerprint density at radius 3 is 2.79 bits per heavy atom. The van der Waals surface area contributed by atoms with Crippen molar-refractivity contribution in [3.05, 3.63) is 47.8 Å². The standard InChI is InChI=1S/C18H22N4O2/c1-24-16-8-4-3-7-15(16)17(23)20-13-14-9-10-19-18(21-14)22-11-5-2-6-12-22/h3-4,7-10H,2,5-6,11-13H2,1H3,(H,20,23). The smallest absolute Gasteiger partial charge is 0.255 e. The van der Waals surface area contributed by atoms with Gasteiger partial charge in [-0.05, 0) is 37.5 Å². The molecule has 1 saturated heterocycles. The van der Waals surface area contributed by atoms with Gasteiger partial charge in [0.2, 0.25) is 5.95 Å². The Morgan fingerprint density at radius 2 is 2.00 bits per heavy atom. The molecule has 0 spiro atoms. The fourth-order valence-electron chi connectivity index (χ4n) is 2.83. The molecule has 1 N–H and O–H groups in total. The molecule has 2 heterocycles. The quantitative estimate of drug-likeness (QED) is 0.914. The van der Waals surface area contributed by atoms with E-state index in [4.69, 9.17) is 4.74 Å². The van der Waals surface area contributed by atoms with Gasteiger partial charge in [0.1, 0.15) is 5.75 Å². The van der Waals surface area contributed by atoms with E-state index in [1.165, 1.54) is 19.3 Å². The van der Waals surface area contributed by atoms with E-state index in [9.17, 15) is 4.79 Å². The molecule has 6 nitrogen and oxygen atoms in total. The van der Waals surface area contributed by atoms with Gasteiger partial charge < -0.3 is 15.0 Å². The molecule has 0 atom stereocenters. The van der Waals surface area contributed by atoms with Crippen molar-refractivity contribution in [3.63, 3.8) is 0 Å². The zero-order valence-corrected chi connectivity index (χ0v) is 13.9. The van der Waals surface area contributed by atoms with Crippen LogP contribution in [0.15, 0.2) is 36.5 Å². The Balaban J connectivity index is 1.65. The summed E-state index contributed by atoms with van der Waals surface area (Å²) in [6, 6.07) is 9.00. The van der Waals surface area contributed by atoms with Crippen molar-refractivity contribution in [2.24, 2.45) is 0 Å². The molecule has 1 fully saturated rings. The van der Waals surface area contributed by atoms with Crippen LogP contribution in [0.1, 0.15) is 35.3 Å². The maximum Gasteiger partial charge on any atom is 0.255 e. The second kappa shape index (κ2) is 7.77. The lowest BCUT2D eigenvalue weighted by Gasteiger charge is -2.26. The van der Waals surface area contributed by atoms with Crippen molar-refractivity contribution in [2.75, 3.05) is 25.1 Å². The average Bonchev–Trinajstić information content (AvgIpc) is 2.67. The summed E-state index contributed by atoms with van der Waals surface area (Å²) in [5.41, 5.74) is 1.32. The minimum Gasteiger partial charge on any atom is -0.496 e. The molecule has 3 rings (SSSR count). The third-order valence-corrected chi connectivity index (χ3v) is 4.12. The van der Waals surface area contributed by atoms with Gasteiger partial charge in [-0.1, -0.05) is 12.1 Å². The molecular weight excluding hydrogens is 304 g/mol. The molecule has 126 valence electrons. The molecule has 1 aliphatic heterocycles. The maximum absolute atomic E-state index is 12.3. The monoisotopic (exact) mass is 326 g/mol. The first kappa shape index (κ1) is 16.2. The number of methoxy groups -OCH3 is 1. The topological polar surface area (TPSA) is 67.3 Å². The Kier molecular flexibility index (Phi) is 5.25. The largest absolute Gasteiger partial charge is 0.496 e. The maximum atomic E-state index is 12.3. The predicted molar refractivity (Wildman–Crippen MR) is 92.3 cm³/mol. The highest BCUT2D eigenvalue weighted by molar-refractivity contribution is 5.96. The minimum atomic E-state index is -0.175. The van der Waals surface area contributed by atoms with Crippen molar-refractivity contribution >= 4 is 11.9 Å². The number of hydrogen-bond acceptors (Lipinski definition) is 5. The fourth-order valence-corrected chi connectivity index (χ4v) is 2.83. The van der Waals surface area contributed by atoms with Crippen LogP contribution in [0.2, 0.25) is 0 Å². The summed E-state index contributed by atoms with van der Waals surface area (Å²) in [6.45, 7) is 2.36. The van der Waals surface area contributed by atoms with Gasteiger partial charge in [0.25, 0.3) is 5.91 Å². The number of ether oxygens (including phenoxy) is 1. The number of piperidine rings is 1. The third kappa shape index (κ3) is 3.82.